The van der Waals surface area contributed by atoms with Crippen LogP contribution in [-0.2, 0) is 23.0 Å². The maximum atomic E-state index is 13.4. The molecule has 0 aliphatic carbocycles. The second kappa shape index (κ2) is 12.3. The van der Waals surface area contributed by atoms with Gasteiger partial charge in [0.05, 0.1) is 15.5 Å². The maximum Gasteiger partial charge on any atom is 0.337 e. The van der Waals surface area contributed by atoms with Crippen LogP contribution in [0.2, 0.25) is 5.02 Å². The van der Waals surface area contributed by atoms with Crippen molar-refractivity contribution in [3.63, 3.8) is 0 Å². The van der Waals surface area contributed by atoms with Gasteiger partial charge in [0.2, 0.25) is 10.0 Å². The average molecular weight is 533 g/mol. The molecule has 6 nitrogen and oxygen atoms in total. The lowest BCUT2D eigenvalue weighted by atomic mass is 9.96. The van der Waals surface area contributed by atoms with Crippen molar-refractivity contribution in [3.05, 3.63) is 93.8 Å². The predicted molar refractivity (Wildman–Crippen MR) is 141 cm³/mol. The summed E-state index contributed by atoms with van der Waals surface area (Å²) in [7, 11) is -4.06. The molecule has 1 atom stereocenters. The summed E-state index contributed by atoms with van der Waals surface area (Å²) >= 11 is 5.80. The number of sulfonamides is 1. The number of carboxylic acids is 1. The molecule has 0 spiro atoms. The first-order valence-electron chi connectivity index (χ1n) is 11.8. The Morgan fingerprint density at radius 1 is 1.08 bits per heavy atom. The van der Waals surface area contributed by atoms with E-state index in [0.717, 1.165) is 18.1 Å². The number of hydrogen-bond acceptors (Lipinski definition) is 4. The van der Waals surface area contributed by atoms with Crippen LogP contribution in [0.5, 0.6) is 0 Å². The van der Waals surface area contributed by atoms with E-state index in [4.69, 9.17) is 11.6 Å². The molecule has 0 fully saturated rings. The molecule has 1 unspecified atom stereocenters. The number of halogens is 2. The first-order valence-corrected chi connectivity index (χ1v) is 13.6. The van der Waals surface area contributed by atoms with Gasteiger partial charge in [-0.1, -0.05) is 68.3 Å². The van der Waals surface area contributed by atoms with Crippen molar-refractivity contribution < 1.29 is 22.7 Å². The van der Waals surface area contributed by atoms with Crippen molar-refractivity contribution in [2.45, 2.75) is 50.5 Å². The molecule has 3 N–H and O–H groups in total. The number of carboxylic acid groups (broad SMARTS) is 1. The largest absolute Gasteiger partial charge is 0.478 e. The Morgan fingerprint density at radius 2 is 1.81 bits per heavy atom. The molecule has 0 aliphatic rings. The van der Waals surface area contributed by atoms with Crippen molar-refractivity contribution in [3.8, 4) is 0 Å². The van der Waals surface area contributed by atoms with Gasteiger partial charge in [-0.25, -0.2) is 22.3 Å². The van der Waals surface area contributed by atoms with Crippen molar-refractivity contribution in [1.82, 2.24) is 4.72 Å². The summed E-state index contributed by atoms with van der Waals surface area (Å²) in [5.41, 5.74) is 2.39. The Balaban J connectivity index is 1.91. The van der Waals surface area contributed by atoms with Crippen molar-refractivity contribution in [1.29, 1.82) is 0 Å². The minimum absolute atomic E-state index is 0.0874. The molecule has 3 aromatic carbocycles. The third kappa shape index (κ3) is 6.84. The molecule has 3 aromatic rings. The summed E-state index contributed by atoms with van der Waals surface area (Å²) in [5.74, 6) is -1.66. The molecule has 3 rings (SSSR count). The van der Waals surface area contributed by atoms with E-state index < -0.39 is 21.8 Å². The lowest BCUT2D eigenvalue weighted by Gasteiger charge is -2.20. The zero-order valence-electron chi connectivity index (χ0n) is 20.2. The van der Waals surface area contributed by atoms with E-state index in [-0.39, 0.29) is 27.9 Å². The summed E-state index contributed by atoms with van der Waals surface area (Å²) in [6.07, 6.45) is 1.97. The normalized spacial score (nSPS) is 12.3. The van der Waals surface area contributed by atoms with Crippen LogP contribution in [-0.4, -0.2) is 26.0 Å². The quantitative estimate of drug-likeness (QED) is 0.257. The average Bonchev–Trinajstić information content (AvgIpc) is 2.86. The lowest BCUT2D eigenvalue weighted by Crippen LogP contribution is -2.25. The Kier molecular flexibility index (Phi) is 9.48. The highest BCUT2D eigenvalue weighted by Gasteiger charge is 2.24. The van der Waals surface area contributed by atoms with Crippen LogP contribution in [0.3, 0.4) is 0 Å². The lowest BCUT2D eigenvalue weighted by molar-refractivity contribution is 0.0697. The number of rotatable bonds is 12. The Morgan fingerprint density at radius 3 is 2.42 bits per heavy atom. The van der Waals surface area contributed by atoms with E-state index >= 15 is 0 Å². The Labute approximate surface area is 216 Å². The number of hydrogen-bond donors (Lipinski definition) is 3. The van der Waals surface area contributed by atoms with E-state index in [1.165, 1.54) is 18.2 Å². The van der Waals surface area contributed by atoms with E-state index in [1.807, 2.05) is 37.3 Å². The van der Waals surface area contributed by atoms with Gasteiger partial charge in [0, 0.05) is 24.7 Å². The molecule has 9 heteroatoms. The smallest absolute Gasteiger partial charge is 0.337 e. The summed E-state index contributed by atoms with van der Waals surface area (Å²) in [6.45, 7) is 4.37. The van der Waals surface area contributed by atoms with Gasteiger partial charge in [-0.05, 0) is 53.8 Å². The van der Waals surface area contributed by atoms with E-state index in [9.17, 15) is 22.7 Å². The van der Waals surface area contributed by atoms with Gasteiger partial charge in [0.1, 0.15) is 5.82 Å². The Bertz CT molecular complexity index is 1320. The summed E-state index contributed by atoms with van der Waals surface area (Å²) in [6, 6.07) is 16.7. The second-order valence-electron chi connectivity index (χ2n) is 8.53. The van der Waals surface area contributed by atoms with Crippen LogP contribution >= 0.6 is 11.6 Å². The van der Waals surface area contributed by atoms with Crippen molar-refractivity contribution >= 4 is 33.3 Å². The molecule has 0 aliphatic heterocycles. The minimum Gasteiger partial charge on any atom is -0.478 e. The van der Waals surface area contributed by atoms with Gasteiger partial charge in [-0.3, -0.25) is 0 Å². The van der Waals surface area contributed by atoms with Crippen LogP contribution in [0, 0.1) is 5.82 Å². The van der Waals surface area contributed by atoms with Crippen molar-refractivity contribution in [2.75, 3.05) is 11.9 Å². The minimum atomic E-state index is -4.06. The predicted octanol–water partition coefficient (Wildman–Crippen LogP) is 6.21. The van der Waals surface area contributed by atoms with Gasteiger partial charge < -0.3 is 10.4 Å². The number of nitrogens with one attached hydrogen (secondary N) is 2. The monoisotopic (exact) mass is 532 g/mol. The van der Waals surface area contributed by atoms with Crippen LogP contribution in [0.1, 0.15) is 59.7 Å². The summed E-state index contributed by atoms with van der Waals surface area (Å²) < 4.78 is 42.3. The molecule has 0 amide bonds. The SMILES string of the molecule is CCCc1cc(NCC(CC)c2ccccc2)c(C(=O)O)cc1S(=O)(=O)NCc1ccc(F)c(Cl)c1. The topological polar surface area (TPSA) is 95.5 Å². The third-order valence-electron chi connectivity index (χ3n) is 5.99. The number of anilines is 1. The van der Waals surface area contributed by atoms with Crippen LogP contribution in [0.4, 0.5) is 10.1 Å². The maximum absolute atomic E-state index is 13.4. The second-order valence-corrected chi connectivity index (χ2v) is 10.7. The molecule has 192 valence electrons. The zero-order valence-corrected chi connectivity index (χ0v) is 21.8. The fraction of sp³-hybridized carbons (Fsp3) is 0.296. The number of aromatic carboxylic acids is 1. The van der Waals surface area contributed by atoms with Gasteiger partial charge in [-0.2, -0.15) is 0 Å². The highest BCUT2D eigenvalue weighted by molar-refractivity contribution is 7.89. The number of carbonyl (C=O) groups is 1. The van der Waals surface area contributed by atoms with Gasteiger partial charge >= 0.3 is 5.97 Å². The molecule has 0 radical (unpaired) electrons. The highest BCUT2D eigenvalue weighted by Crippen LogP contribution is 2.28. The number of benzene rings is 3. The van der Waals surface area contributed by atoms with Crippen LogP contribution in [0.25, 0.3) is 0 Å². The highest BCUT2D eigenvalue weighted by atomic mass is 35.5. The molecule has 0 saturated carbocycles. The third-order valence-corrected chi connectivity index (χ3v) is 7.77. The zero-order chi connectivity index (χ0) is 26.3. The van der Waals surface area contributed by atoms with E-state index in [0.29, 0.717) is 36.2 Å². The van der Waals surface area contributed by atoms with Gasteiger partial charge in [0.25, 0.3) is 0 Å². The fourth-order valence-electron chi connectivity index (χ4n) is 4.02. The molecule has 0 aromatic heterocycles. The van der Waals surface area contributed by atoms with Crippen LogP contribution < -0.4 is 10.0 Å². The van der Waals surface area contributed by atoms with Crippen molar-refractivity contribution in [2.24, 2.45) is 0 Å². The van der Waals surface area contributed by atoms with E-state index in [1.54, 1.807) is 6.07 Å². The van der Waals surface area contributed by atoms with Gasteiger partial charge in [0.15, 0.2) is 0 Å². The Hall–Kier alpha value is -2.94. The van der Waals surface area contributed by atoms with Gasteiger partial charge in [-0.15, -0.1) is 0 Å². The molecule has 0 bridgehead atoms. The summed E-state index contributed by atoms with van der Waals surface area (Å²) in [5, 5.41) is 13.0. The fourth-order valence-corrected chi connectivity index (χ4v) is 5.52. The molecular formula is C27H30ClFN2O4S. The summed E-state index contributed by atoms with van der Waals surface area (Å²) in [4.78, 5) is 12.0. The number of aryl methyl sites for hydroxylation is 1. The molecular weight excluding hydrogens is 503 g/mol. The first kappa shape index (κ1) is 27.6. The van der Waals surface area contributed by atoms with Crippen LogP contribution in [0.15, 0.2) is 65.6 Å². The molecule has 0 saturated heterocycles. The molecule has 36 heavy (non-hydrogen) atoms. The van der Waals surface area contributed by atoms with E-state index in [2.05, 4.69) is 17.0 Å². The standard InChI is InChI=1S/C27H30ClFN2O4S/c1-3-8-21-14-25(30-17-19(4-2)20-9-6-5-7-10-20)22(27(32)33)15-26(21)36(34,35)31-16-18-11-12-24(29)23(28)13-18/h5-7,9-15,19,30-31H,3-4,8,16-17H2,1-2H3,(H,32,33). The first-order chi connectivity index (χ1) is 17.2. The molecule has 0 heterocycles.